The van der Waals surface area contributed by atoms with Crippen LogP contribution in [0.3, 0.4) is 0 Å². The number of rotatable bonds is 5. The number of para-hydroxylation sites is 1. The molecular weight excluding hydrogens is 388 g/mol. The summed E-state index contributed by atoms with van der Waals surface area (Å²) in [6.07, 6.45) is 5.04. The van der Waals surface area contributed by atoms with Gasteiger partial charge in [-0.25, -0.2) is 13.2 Å². The molecule has 0 aliphatic rings. The second kappa shape index (κ2) is 7.76. The highest BCUT2D eigenvalue weighted by Gasteiger charge is 2.20. The highest BCUT2D eigenvalue weighted by atomic mass is 32.2. The van der Waals surface area contributed by atoms with E-state index in [1.807, 2.05) is 18.2 Å². The summed E-state index contributed by atoms with van der Waals surface area (Å²) in [5.41, 5.74) is 1.94. The molecule has 0 bridgehead atoms. The monoisotopic (exact) mass is 406 g/mol. The number of carbonyl (C=O) groups excluding carboxylic acids is 1. The third-order valence-corrected chi connectivity index (χ3v) is 6.25. The molecule has 4 aromatic rings. The average molecular weight is 406 g/mol. The lowest BCUT2D eigenvalue weighted by Crippen LogP contribution is -2.28. The van der Waals surface area contributed by atoms with E-state index in [1.54, 1.807) is 48.9 Å². The summed E-state index contributed by atoms with van der Waals surface area (Å²) in [5.74, 6) is 0. The number of hydrogen-bond acceptors (Lipinski definition) is 4. The van der Waals surface area contributed by atoms with Gasteiger partial charge in [-0.2, -0.15) is 0 Å². The number of nitrogens with one attached hydrogen (secondary N) is 3. The Hall–Kier alpha value is -3.65. The molecular formula is C21H18N4O3S. The van der Waals surface area contributed by atoms with E-state index in [4.69, 9.17) is 0 Å². The maximum atomic E-state index is 13.0. The van der Waals surface area contributed by atoms with Crippen LogP contribution in [0.4, 0.5) is 10.5 Å². The molecule has 2 aromatic carbocycles. The molecule has 0 unspecified atom stereocenters. The molecule has 3 N–H and O–H groups in total. The van der Waals surface area contributed by atoms with Gasteiger partial charge in [-0.05, 0) is 48.0 Å². The number of amides is 2. The van der Waals surface area contributed by atoms with Crippen LogP contribution in [0.2, 0.25) is 0 Å². The van der Waals surface area contributed by atoms with E-state index in [2.05, 4.69) is 20.6 Å². The number of benzene rings is 2. The van der Waals surface area contributed by atoms with Gasteiger partial charge in [-0.1, -0.05) is 18.2 Å². The number of sulfone groups is 1. The number of nitrogens with zero attached hydrogens (tertiary/aromatic N) is 1. The molecule has 8 heteroatoms. The van der Waals surface area contributed by atoms with Crippen LogP contribution in [0.15, 0.2) is 89.0 Å². The molecule has 2 heterocycles. The molecule has 0 aliphatic heterocycles. The fourth-order valence-corrected chi connectivity index (χ4v) is 4.44. The number of aromatic nitrogens is 2. The molecule has 0 atom stereocenters. The van der Waals surface area contributed by atoms with Crippen LogP contribution in [0.25, 0.3) is 10.9 Å². The fraction of sp³-hybridized carbons (Fsp3) is 0.0476. The number of fused-ring (bicyclic) bond motifs is 1. The van der Waals surface area contributed by atoms with Gasteiger partial charge in [0.2, 0.25) is 9.84 Å². The Kier molecular flexibility index (Phi) is 5.01. The smallest absolute Gasteiger partial charge is 0.319 e. The first-order valence-corrected chi connectivity index (χ1v) is 10.4. The predicted molar refractivity (Wildman–Crippen MR) is 110 cm³/mol. The Labute approximate surface area is 167 Å². The fourth-order valence-electron chi connectivity index (χ4n) is 2.98. The van der Waals surface area contributed by atoms with E-state index in [-0.39, 0.29) is 15.8 Å². The molecule has 0 fully saturated rings. The SMILES string of the molecule is O=C(NCc1cccnc1)Nc1ccc(S(=O)(=O)c2cccc3cc[nH]c23)cc1. The Morgan fingerprint density at radius 3 is 2.59 bits per heavy atom. The Morgan fingerprint density at radius 1 is 1.00 bits per heavy atom. The number of anilines is 1. The van der Waals surface area contributed by atoms with E-state index >= 15 is 0 Å². The van der Waals surface area contributed by atoms with Crippen molar-refractivity contribution < 1.29 is 13.2 Å². The standard InChI is InChI=1S/C21H18N4O3S/c26-21(24-14-15-3-2-11-22-13-15)25-17-6-8-18(9-7-17)29(27,28)19-5-1-4-16-10-12-23-20(16)19/h1-13,23H,14H2,(H2,24,25,26). The summed E-state index contributed by atoms with van der Waals surface area (Å²) >= 11 is 0. The predicted octanol–water partition coefficient (Wildman–Crippen LogP) is 3.72. The van der Waals surface area contributed by atoms with Crippen LogP contribution in [-0.4, -0.2) is 24.4 Å². The number of pyridine rings is 1. The van der Waals surface area contributed by atoms with Crippen molar-refractivity contribution >= 4 is 32.5 Å². The minimum Gasteiger partial charge on any atom is -0.360 e. The Bertz CT molecular complexity index is 1250. The second-order valence-electron chi connectivity index (χ2n) is 6.39. The van der Waals surface area contributed by atoms with Crippen molar-refractivity contribution in [1.82, 2.24) is 15.3 Å². The van der Waals surface area contributed by atoms with Crippen molar-refractivity contribution in [3.8, 4) is 0 Å². The lowest BCUT2D eigenvalue weighted by atomic mass is 10.2. The van der Waals surface area contributed by atoms with Gasteiger partial charge >= 0.3 is 6.03 Å². The summed E-state index contributed by atoms with van der Waals surface area (Å²) in [7, 11) is -3.69. The molecule has 0 radical (unpaired) electrons. The van der Waals surface area contributed by atoms with E-state index in [0.29, 0.717) is 17.7 Å². The summed E-state index contributed by atoms with van der Waals surface area (Å²) in [4.78, 5) is 19.4. The van der Waals surface area contributed by atoms with Crippen LogP contribution in [0.5, 0.6) is 0 Å². The summed E-state index contributed by atoms with van der Waals surface area (Å²) < 4.78 is 26.0. The Balaban J connectivity index is 1.47. The number of H-pyrrole nitrogens is 1. The van der Waals surface area contributed by atoms with Crippen molar-refractivity contribution in [2.24, 2.45) is 0 Å². The average Bonchev–Trinajstić information content (AvgIpc) is 3.22. The first-order valence-electron chi connectivity index (χ1n) is 8.89. The highest BCUT2D eigenvalue weighted by molar-refractivity contribution is 7.91. The molecule has 2 amide bonds. The summed E-state index contributed by atoms with van der Waals surface area (Å²) in [6, 6.07) is 16.3. The van der Waals surface area contributed by atoms with Crippen molar-refractivity contribution in [2.75, 3.05) is 5.32 Å². The van der Waals surface area contributed by atoms with Gasteiger partial charge in [0.1, 0.15) is 0 Å². The van der Waals surface area contributed by atoms with Crippen molar-refractivity contribution in [3.05, 3.63) is 84.8 Å². The number of aromatic amines is 1. The summed E-state index contributed by atoms with van der Waals surface area (Å²) in [5, 5.41) is 6.24. The van der Waals surface area contributed by atoms with Gasteiger partial charge in [-0.15, -0.1) is 0 Å². The normalized spacial score (nSPS) is 11.3. The molecule has 4 rings (SSSR count). The first kappa shape index (κ1) is 18.7. The maximum Gasteiger partial charge on any atom is 0.319 e. The van der Waals surface area contributed by atoms with E-state index in [9.17, 15) is 13.2 Å². The van der Waals surface area contributed by atoms with Gasteiger partial charge in [-0.3, -0.25) is 4.98 Å². The zero-order valence-electron chi connectivity index (χ0n) is 15.3. The van der Waals surface area contributed by atoms with Gasteiger partial charge < -0.3 is 15.6 Å². The topological polar surface area (TPSA) is 104 Å². The van der Waals surface area contributed by atoms with E-state index in [1.165, 1.54) is 12.1 Å². The molecule has 146 valence electrons. The van der Waals surface area contributed by atoms with E-state index < -0.39 is 9.84 Å². The van der Waals surface area contributed by atoms with Crippen LogP contribution in [-0.2, 0) is 16.4 Å². The van der Waals surface area contributed by atoms with Crippen LogP contribution in [0.1, 0.15) is 5.56 Å². The van der Waals surface area contributed by atoms with Gasteiger partial charge in [0.05, 0.1) is 15.3 Å². The zero-order valence-corrected chi connectivity index (χ0v) is 16.1. The largest absolute Gasteiger partial charge is 0.360 e. The van der Waals surface area contributed by atoms with Crippen molar-refractivity contribution in [3.63, 3.8) is 0 Å². The lowest BCUT2D eigenvalue weighted by molar-refractivity contribution is 0.251. The quantitative estimate of drug-likeness (QED) is 0.470. The number of hydrogen-bond donors (Lipinski definition) is 3. The number of carbonyl (C=O) groups is 1. The molecule has 2 aromatic heterocycles. The maximum absolute atomic E-state index is 13.0. The van der Waals surface area contributed by atoms with Crippen molar-refractivity contribution in [1.29, 1.82) is 0 Å². The molecule has 0 saturated heterocycles. The van der Waals surface area contributed by atoms with Crippen LogP contribution >= 0.6 is 0 Å². The van der Waals surface area contributed by atoms with Crippen LogP contribution in [0, 0.1) is 0 Å². The van der Waals surface area contributed by atoms with Crippen molar-refractivity contribution in [2.45, 2.75) is 16.3 Å². The minimum atomic E-state index is -3.69. The second-order valence-corrected chi connectivity index (χ2v) is 8.31. The molecule has 0 spiro atoms. The van der Waals surface area contributed by atoms with Gasteiger partial charge in [0.15, 0.2) is 0 Å². The third kappa shape index (κ3) is 3.97. The van der Waals surface area contributed by atoms with Gasteiger partial charge in [0, 0.05) is 36.2 Å². The number of urea groups is 1. The van der Waals surface area contributed by atoms with E-state index in [0.717, 1.165) is 10.9 Å². The highest BCUT2D eigenvalue weighted by Crippen LogP contribution is 2.28. The Morgan fingerprint density at radius 2 is 1.83 bits per heavy atom. The lowest BCUT2D eigenvalue weighted by Gasteiger charge is -2.09. The summed E-state index contributed by atoms with van der Waals surface area (Å²) in [6.45, 7) is 0.340. The first-order chi connectivity index (χ1) is 14.0. The third-order valence-electron chi connectivity index (χ3n) is 4.44. The molecule has 7 nitrogen and oxygen atoms in total. The minimum absolute atomic E-state index is 0.154. The zero-order chi connectivity index (χ0) is 20.3. The van der Waals surface area contributed by atoms with Crippen LogP contribution < -0.4 is 10.6 Å². The molecule has 29 heavy (non-hydrogen) atoms. The molecule has 0 saturated carbocycles. The molecule has 0 aliphatic carbocycles. The van der Waals surface area contributed by atoms with Gasteiger partial charge in [0.25, 0.3) is 0 Å².